The number of hydrogen-bond acceptors (Lipinski definition) is 2. The smallest absolute Gasteiger partial charge is 0.129 e. The first-order valence-electron chi connectivity index (χ1n) is 5.59. The fourth-order valence-corrected chi connectivity index (χ4v) is 1.80. The van der Waals surface area contributed by atoms with E-state index in [-0.39, 0.29) is 0 Å². The molecule has 0 aliphatic rings. The molecule has 0 aliphatic carbocycles. The van der Waals surface area contributed by atoms with E-state index >= 15 is 0 Å². The van der Waals surface area contributed by atoms with E-state index in [1.54, 1.807) is 6.20 Å². The fraction of sp³-hybridized carbons (Fsp3) is 0.308. The van der Waals surface area contributed by atoms with Crippen LogP contribution in [0.3, 0.4) is 0 Å². The van der Waals surface area contributed by atoms with Gasteiger partial charge in [-0.05, 0) is 30.0 Å². The molecule has 0 unspecified atom stereocenters. The third kappa shape index (κ3) is 2.64. The number of benzene rings is 1. The molecular weight excluding hydrogens is 220 g/mol. The highest BCUT2D eigenvalue weighted by molar-refractivity contribution is 6.30. The number of rotatable bonds is 4. The Morgan fingerprint density at radius 3 is 2.94 bits per heavy atom. The molecule has 1 N–H and O–H groups in total. The molecule has 0 saturated carbocycles. The Balaban J connectivity index is 2.21. The minimum absolute atomic E-state index is 0.540. The van der Waals surface area contributed by atoms with Crippen molar-refractivity contribution in [1.82, 2.24) is 4.98 Å². The van der Waals surface area contributed by atoms with Crippen molar-refractivity contribution in [2.24, 2.45) is 0 Å². The average Bonchev–Trinajstić information content (AvgIpc) is 2.29. The molecule has 0 saturated heterocycles. The van der Waals surface area contributed by atoms with Crippen LogP contribution in [0.5, 0.6) is 0 Å². The summed E-state index contributed by atoms with van der Waals surface area (Å²) in [6, 6.07) is 8.14. The zero-order chi connectivity index (χ0) is 11.4. The molecule has 2 rings (SSSR count). The predicted molar refractivity (Wildman–Crippen MR) is 70.2 cm³/mol. The lowest BCUT2D eigenvalue weighted by Gasteiger charge is -2.06. The van der Waals surface area contributed by atoms with Crippen LogP contribution in [0.15, 0.2) is 30.5 Å². The molecule has 3 heteroatoms. The van der Waals surface area contributed by atoms with Crippen molar-refractivity contribution in [3.63, 3.8) is 0 Å². The van der Waals surface area contributed by atoms with Crippen LogP contribution < -0.4 is 5.32 Å². The van der Waals surface area contributed by atoms with Gasteiger partial charge in [0.2, 0.25) is 0 Å². The number of anilines is 1. The molecule has 0 radical (unpaired) electrons. The van der Waals surface area contributed by atoms with E-state index in [0.29, 0.717) is 5.15 Å². The third-order valence-electron chi connectivity index (χ3n) is 2.55. The number of aromatic nitrogens is 1. The van der Waals surface area contributed by atoms with Gasteiger partial charge in [0.05, 0.1) is 0 Å². The summed E-state index contributed by atoms with van der Waals surface area (Å²) < 4.78 is 0. The fourth-order valence-electron chi connectivity index (χ4n) is 1.63. The van der Waals surface area contributed by atoms with Crippen molar-refractivity contribution in [3.05, 3.63) is 35.6 Å². The summed E-state index contributed by atoms with van der Waals surface area (Å²) in [6.45, 7) is 3.20. The van der Waals surface area contributed by atoms with E-state index in [9.17, 15) is 0 Å². The molecule has 2 aromatic rings. The summed E-state index contributed by atoms with van der Waals surface area (Å²) >= 11 is 5.87. The monoisotopic (exact) mass is 234 g/mol. The topological polar surface area (TPSA) is 24.9 Å². The van der Waals surface area contributed by atoms with Crippen molar-refractivity contribution in [2.75, 3.05) is 11.9 Å². The minimum Gasteiger partial charge on any atom is -0.385 e. The second kappa shape index (κ2) is 5.17. The van der Waals surface area contributed by atoms with Crippen LogP contribution in [0.4, 0.5) is 5.69 Å². The van der Waals surface area contributed by atoms with Crippen molar-refractivity contribution in [1.29, 1.82) is 0 Å². The lowest BCUT2D eigenvalue weighted by molar-refractivity contribution is 0.834. The first-order valence-corrected chi connectivity index (χ1v) is 5.96. The molecular formula is C13H15ClN2. The van der Waals surface area contributed by atoms with Crippen molar-refractivity contribution in [2.45, 2.75) is 19.8 Å². The highest BCUT2D eigenvalue weighted by Gasteiger charge is 1.97. The van der Waals surface area contributed by atoms with Gasteiger partial charge in [-0.15, -0.1) is 0 Å². The van der Waals surface area contributed by atoms with Crippen LogP contribution in [0.1, 0.15) is 19.8 Å². The van der Waals surface area contributed by atoms with Gasteiger partial charge in [0.15, 0.2) is 0 Å². The quantitative estimate of drug-likeness (QED) is 0.636. The van der Waals surface area contributed by atoms with Crippen LogP contribution >= 0.6 is 11.6 Å². The number of nitrogens with zero attached hydrogens (tertiary/aromatic N) is 1. The minimum atomic E-state index is 0.540. The number of halogens is 1. The Hall–Kier alpha value is -1.28. The van der Waals surface area contributed by atoms with Gasteiger partial charge in [-0.25, -0.2) is 4.98 Å². The molecule has 1 aromatic carbocycles. The predicted octanol–water partition coefficient (Wildman–Crippen LogP) is 4.10. The molecule has 2 nitrogen and oxygen atoms in total. The first kappa shape index (κ1) is 11.2. The second-order valence-electron chi connectivity index (χ2n) is 3.85. The second-order valence-corrected chi connectivity index (χ2v) is 4.24. The van der Waals surface area contributed by atoms with E-state index in [1.165, 1.54) is 12.8 Å². The molecule has 0 spiro atoms. The Labute approximate surface area is 101 Å². The molecule has 0 bridgehead atoms. The maximum absolute atomic E-state index is 5.87. The van der Waals surface area contributed by atoms with Gasteiger partial charge in [0.1, 0.15) is 5.15 Å². The molecule has 0 atom stereocenters. The molecule has 1 aromatic heterocycles. The van der Waals surface area contributed by atoms with Crippen LogP contribution in [0.25, 0.3) is 10.8 Å². The number of nitrogens with one attached hydrogen (secondary N) is 1. The third-order valence-corrected chi connectivity index (χ3v) is 2.75. The van der Waals surface area contributed by atoms with Crippen LogP contribution in [0.2, 0.25) is 5.15 Å². The maximum atomic E-state index is 5.87. The van der Waals surface area contributed by atoms with E-state index in [4.69, 9.17) is 11.6 Å². The van der Waals surface area contributed by atoms with Gasteiger partial charge in [-0.1, -0.05) is 31.0 Å². The molecule has 0 fully saturated rings. The maximum Gasteiger partial charge on any atom is 0.129 e. The summed E-state index contributed by atoms with van der Waals surface area (Å²) in [5.74, 6) is 0. The number of hydrogen-bond donors (Lipinski definition) is 1. The summed E-state index contributed by atoms with van der Waals surface area (Å²) in [4.78, 5) is 4.06. The van der Waals surface area contributed by atoms with Gasteiger partial charge < -0.3 is 5.32 Å². The van der Waals surface area contributed by atoms with E-state index in [2.05, 4.69) is 35.4 Å². The Morgan fingerprint density at radius 2 is 2.12 bits per heavy atom. The van der Waals surface area contributed by atoms with Crippen LogP contribution in [0, 0.1) is 0 Å². The molecule has 84 valence electrons. The van der Waals surface area contributed by atoms with E-state index in [0.717, 1.165) is 23.0 Å². The first-order chi connectivity index (χ1) is 7.79. The van der Waals surface area contributed by atoms with Gasteiger partial charge >= 0.3 is 0 Å². The summed E-state index contributed by atoms with van der Waals surface area (Å²) in [5, 5.41) is 6.18. The average molecular weight is 235 g/mol. The Morgan fingerprint density at radius 1 is 1.25 bits per heavy atom. The van der Waals surface area contributed by atoms with Crippen molar-refractivity contribution in [3.8, 4) is 0 Å². The largest absolute Gasteiger partial charge is 0.385 e. The lowest BCUT2D eigenvalue weighted by Crippen LogP contribution is -2.00. The van der Waals surface area contributed by atoms with Crippen molar-refractivity contribution >= 4 is 28.1 Å². The summed E-state index contributed by atoms with van der Waals surface area (Å²) in [6.07, 6.45) is 4.19. The van der Waals surface area contributed by atoms with Crippen LogP contribution in [-0.4, -0.2) is 11.5 Å². The van der Waals surface area contributed by atoms with E-state index < -0.39 is 0 Å². The summed E-state index contributed by atoms with van der Waals surface area (Å²) in [7, 11) is 0. The molecule has 0 amide bonds. The molecule has 0 aliphatic heterocycles. The Kier molecular flexibility index (Phi) is 3.62. The Bertz CT molecular complexity index is 482. The number of fused-ring (bicyclic) bond motifs is 1. The van der Waals surface area contributed by atoms with Gasteiger partial charge in [-0.3, -0.25) is 0 Å². The zero-order valence-electron chi connectivity index (χ0n) is 9.33. The van der Waals surface area contributed by atoms with E-state index in [1.807, 2.05) is 6.07 Å². The highest BCUT2D eigenvalue weighted by atomic mass is 35.5. The number of unbranched alkanes of at least 4 members (excludes halogenated alkanes) is 1. The SMILES string of the molecule is CCCCNc1ccc2cnc(Cl)cc2c1. The molecule has 16 heavy (non-hydrogen) atoms. The summed E-state index contributed by atoms with van der Waals surface area (Å²) in [5.41, 5.74) is 1.14. The van der Waals surface area contributed by atoms with Gasteiger partial charge in [-0.2, -0.15) is 0 Å². The normalized spacial score (nSPS) is 10.6. The van der Waals surface area contributed by atoms with Gasteiger partial charge in [0, 0.05) is 23.8 Å². The van der Waals surface area contributed by atoms with Crippen molar-refractivity contribution < 1.29 is 0 Å². The highest BCUT2D eigenvalue weighted by Crippen LogP contribution is 2.20. The standard InChI is InChI=1S/C13H15ClN2/c1-2-3-6-15-12-5-4-10-9-16-13(14)8-11(10)7-12/h4-5,7-9,15H,2-3,6H2,1H3. The molecule has 1 heterocycles. The lowest BCUT2D eigenvalue weighted by atomic mass is 10.1. The van der Waals surface area contributed by atoms with Crippen LogP contribution in [-0.2, 0) is 0 Å². The number of pyridine rings is 1. The zero-order valence-corrected chi connectivity index (χ0v) is 10.1. The van der Waals surface area contributed by atoms with Gasteiger partial charge in [0.25, 0.3) is 0 Å².